The molecule has 0 radical (unpaired) electrons. The Balaban J connectivity index is 2.04. The van der Waals surface area contributed by atoms with Crippen LogP contribution in [0, 0.1) is 12.3 Å². The molecule has 1 fully saturated rings. The quantitative estimate of drug-likeness (QED) is 0.770. The van der Waals surface area contributed by atoms with E-state index in [1.807, 2.05) is 0 Å². The number of hydrogen-bond donors (Lipinski definition) is 1. The summed E-state index contributed by atoms with van der Waals surface area (Å²) in [6, 6.07) is -0.355. The van der Waals surface area contributed by atoms with E-state index in [1.165, 1.54) is 0 Å². The standard InChI is InChI=1S/C11H15N3O2/c1-2-3-9(12)11-13-10(14-16-11)8-4-6-15-7-5-8/h1,8-9H,3-7,12H2. The van der Waals surface area contributed by atoms with Crippen molar-refractivity contribution in [3.8, 4) is 12.3 Å². The van der Waals surface area contributed by atoms with E-state index >= 15 is 0 Å². The van der Waals surface area contributed by atoms with Crippen LogP contribution in [0.4, 0.5) is 0 Å². The number of hydrogen-bond acceptors (Lipinski definition) is 5. The lowest BCUT2D eigenvalue weighted by Gasteiger charge is -2.18. The van der Waals surface area contributed by atoms with Crippen LogP contribution < -0.4 is 5.73 Å². The summed E-state index contributed by atoms with van der Waals surface area (Å²) in [7, 11) is 0. The summed E-state index contributed by atoms with van der Waals surface area (Å²) in [5, 5.41) is 3.95. The second kappa shape index (κ2) is 5.10. The fourth-order valence-corrected chi connectivity index (χ4v) is 1.73. The average molecular weight is 221 g/mol. The molecular formula is C11H15N3O2. The minimum atomic E-state index is -0.355. The van der Waals surface area contributed by atoms with E-state index in [-0.39, 0.29) is 6.04 Å². The highest BCUT2D eigenvalue weighted by atomic mass is 16.5. The zero-order valence-corrected chi connectivity index (χ0v) is 9.06. The molecule has 0 spiro atoms. The van der Waals surface area contributed by atoms with Gasteiger partial charge in [-0.1, -0.05) is 5.16 Å². The van der Waals surface area contributed by atoms with E-state index in [0.29, 0.717) is 18.2 Å². The van der Waals surface area contributed by atoms with Gasteiger partial charge < -0.3 is 15.0 Å². The molecule has 1 atom stereocenters. The van der Waals surface area contributed by atoms with Crippen LogP contribution in [-0.4, -0.2) is 23.4 Å². The topological polar surface area (TPSA) is 74.2 Å². The van der Waals surface area contributed by atoms with E-state index in [2.05, 4.69) is 16.1 Å². The van der Waals surface area contributed by atoms with Gasteiger partial charge in [-0.05, 0) is 12.8 Å². The third kappa shape index (κ3) is 2.40. The molecule has 0 aliphatic carbocycles. The third-order valence-electron chi connectivity index (χ3n) is 2.70. The van der Waals surface area contributed by atoms with E-state index in [4.69, 9.17) is 21.4 Å². The zero-order valence-electron chi connectivity index (χ0n) is 9.06. The Morgan fingerprint density at radius 2 is 2.25 bits per heavy atom. The summed E-state index contributed by atoms with van der Waals surface area (Å²) in [6.45, 7) is 1.51. The van der Waals surface area contributed by atoms with E-state index < -0.39 is 0 Å². The number of nitrogens with zero attached hydrogens (tertiary/aromatic N) is 2. The van der Waals surface area contributed by atoms with Crippen molar-refractivity contribution in [1.29, 1.82) is 0 Å². The monoisotopic (exact) mass is 221 g/mol. The van der Waals surface area contributed by atoms with Gasteiger partial charge in [-0.3, -0.25) is 0 Å². The molecule has 5 nitrogen and oxygen atoms in total. The Labute approximate surface area is 94.3 Å². The summed E-state index contributed by atoms with van der Waals surface area (Å²) in [4.78, 5) is 4.30. The second-order valence-electron chi connectivity index (χ2n) is 3.89. The van der Waals surface area contributed by atoms with Crippen LogP contribution >= 0.6 is 0 Å². The van der Waals surface area contributed by atoms with Crippen molar-refractivity contribution in [2.75, 3.05) is 13.2 Å². The lowest BCUT2D eigenvalue weighted by molar-refractivity contribution is 0.0830. The van der Waals surface area contributed by atoms with Gasteiger partial charge in [-0.25, -0.2) is 0 Å². The summed E-state index contributed by atoms with van der Waals surface area (Å²) in [5.74, 6) is 3.96. The molecule has 2 N–H and O–H groups in total. The molecule has 1 aliphatic heterocycles. The molecule has 0 aromatic carbocycles. The first-order valence-electron chi connectivity index (χ1n) is 5.41. The molecule has 0 bridgehead atoms. The molecule has 0 saturated carbocycles. The van der Waals surface area contributed by atoms with Crippen molar-refractivity contribution in [2.45, 2.75) is 31.2 Å². The van der Waals surface area contributed by atoms with Crippen LogP contribution in [0.3, 0.4) is 0 Å². The summed E-state index contributed by atoms with van der Waals surface area (Å²) < 4.78 is 10.4. The number of rotatable bonds is 3. The lowest BCUT2D eigenvalue weighted by atomic mass is 10.00. The molecule has 2 rings (SSSR count). The highest BCUT2D eigenvalue weighted by molar-refractivity contribution is 5.01. The molecule has 16 heavy (non-hydrogen) atoms. The maximum Gasteiger partial charge on any atom is 0.244 e. The fraction of sp³-hybridized carbons (Fsp3) is 0.636. The van der Waals surface area contributed by atoms with Crippen LogP contribution in [-0.2, 0) is 4.74 Å². The zero-order chi connectivity index (χ0) is 11.4. The smallest absolute Gasteiger partial charge is 0.244 e. The summed E-state index contributed by atoms with van der Waals surface area (Å²) in [6.07, 6.45) is 7.46. The van der Waals surface area contributed by atoms with E-state index in [1.54, 1.807) is 0 Å². The maximum atomic E-state index is 5.78. The van der Waals surface area contributed by atoms with Crippen LogP contribution in [0.15, 0.2) is 4.52 Å². The van der Waals surface area contributed by atoms with Crippen molar-refractivity contribution < 1.29 is 9.26 Å². The molecule has 5 heteroatoms. The average Bonchev–Trinajstić information content (AvgIpc) is 2.80. The lowest BCUT2D eigenvalue weighted by Crippen LogP contribution is -2.15. The van der Waals surface area contributed by atoms with Gasteiger partial charge in [0.15, 0.2) is 5.82 Å². The van der Waals surface area contributed by atoms with Crippen molar-refractivity contribution >= 4 is 0 Å². The van der Waals surface area contributed by atoms with E-state index in [9.17, 15) is 0 Å². The van der Waals surface area contributed by atoms with Crippen molar-refractivity contribution in [1.82, 2.24) is 10.1 Å². The van der Waals surface area contributed by atoms with Crippen LogP contribution in [0.2, 0.25) is 0 Å². The molecule has 86 valence electrons. The minimum Gasteiger partial charge on any atom is -0.381 e. The van der Waals surface area contributed by atoms with Crippen LogP contribution in [0.25, 0.3) is 0 Å². The van der Waals surface area contributed by atoms with Crippen molar-refractivity contribution in [3.05, 3.63) is 11.7 Å². The van der Waals surface area contributed by atoms with Crippen molar-refractivity contribution in [2.24, 2.45) is 5.73 Å². The largest absolute Gasteiger partial charge is 0.381 e. The normalized spacial score (nSPS) is 19.2. The molecule has 0 amide bonds. The van der Waals surface area contributed by atoms with Gasteiger partial charge in [-0.2, -0.15) is 4.98 Å². The molecule has 2 heterocycles. The Morgan fingerprint density at radius 1 is 1.50 bits per heavy atom. The number of ether oxygens (including phenoxy) is 1. The van der Waals surface area contributed by atoms with Gasteiger partial charge >= 0.3 is 0 Å². The SMILES string of the molecule is C#CCC(N)c1nc(C2CCOCC2)no1. The van der Waals surface area contributed by atoms with Crippen molar-refractivity contribution in [3.63, 3.8) is 0 Å². The Bertz CT molecular complexity index is 377. The second-order valence-corrected chi connectivity index (χ2v) is 3.89. The fourth-order valence-electron chi connectivity index (χ4n) is 1.73. The molecular weight excluding hydrogens is 206 g/mol. The Hall–Kier alpha value is -1.38. The molecule has 1 aromatic heterocycles. The first-order chi connectivity index (χ1) is 7.81. The van der Waals surface area contributed by atoms with Crippen LogP contribution in [0.5, 0.6) is 0 Å². The molecule has 1 aliphatic rings. The number of aromatic nitrogens is 2. The summed E-state index contributed by atoms with van der Waals surface area (Å²) in [5.41, 5.74) is 5.78. The van der Waals surface area contributed by atoms with Gasteiger partial charge in [-0.15, -0.1) is 12.3 Å². The van der Waals surface area contributed by atoms with E-state index in [0.717, 1.165) is 31.9 Å². The van der Waals surface area contributed by atoms with Crippen LogP contribution in [0.1, 0.15) is 42.9 Å². The number of nitrogens with two attached hydrogens (primary N) is 1. The summed E-state index contributed by atoms with van der Waals surface area (Å²) >= 11 is 0. The van der Waals surface area contributed by atoms with Gasteiger partial charge in [0.05, 0.1) is 6.04 Å². The first-order valence-corrected chi connectivity index (χ1v) is 5.41. The predicted molar refractivity (Wildman–Crippen MR) is 57.5 cm³/mol. The third-order valence-corrected chi connectivity index (χ3v) is 2.70. The maximum absolute atomic E-state index is 5.78. The molecule has 1 unspecified atom stereocenters. The predicted octanol–water partition coefficient (Wildman–Crippen LogP) is 0.987. The minimum absolute atomic E-state index is 0.323. The molecule has 1 saturated heterocycles. The van der Waals surface area contributed by atoms with Gasteiger partial charge in [0, 0.05) is 25.6 Å². The number of terminal acetylenes is 1. The Morgan fingerprint density at radius 3 is 2.94 bits per heavy atom. The first kappa shape index (κ1) is 11.1. The van der Waals surface area contributed by atoms with Gasteiger partial charge in [0.2, 0.25) is 5.89 Å². The van der Waals surface area contributed by atoms with Gasteiger partial charge in [0.25, 0.3) is 0 Å². The Kier molecular flexibility index (Phi) is 3.54. The highest BCUT2D eigenvalue weighted by Gasteiger charge is 2.22. The molecule has 1 aromatic rings. The van der Waals surface area contributed by atoms with Gasteiger partial charge in [0.1, 0.15) is 0 Å². The highest BCUT2D eigenvalue weighted by Crippen LogP contribution is 2.25.